The zero-order valence-electron chi connectivity index (χ0n) is 13.5. The highest BCUT2D eigenvalue weighted by atomic mass is 16.3. The van der Waals surface area contributed by atoms with Crippen LogP contribution in [-0.2, 0) is 4.79 Å². The lowest BCUT2D eigenvalue weighted by Gasteiger charge is -2.03. The molecule has 0 spiro atoms. The normalized spacial score (nSPS) is 19.4. The molecular weight excluding hydrogens is 308 g/mol. The fourth-order valence-electron chi connectivity index (χ4n) is 2.45. The van der Waals surface area contributed by atoms with E-state index >= 15 is 0 Å². The molecule has 0 bridgehead atoms. The summed E-state index contributed by atoms with van der Waals surface area (Å²) in [7, 11) is 0. The fourth-order valence-corrected chi connectivity index (χ4v) is 2.45. The van der Waals surface area contributed by atoms with E-state index in [2.05, 4.69) is 17.6 Å². The molecule has 2 N–H and O–H groups in total. The van der Waals surface area contributed by atoms with E-state index in [4.69, 9.17) is 8.83 Å². The molecule has 2 aromatic rings. The molecule has 1 aliphatic carbocycles. The lowest BCUT2D eigenvalue weighted by molar-refractivity contribution is -0.116. The van der Waals surface area contributed by atoms with Crippen molar-refractivity contribution in [2.45, 2.75) is 19.3 Å². The van der Waals surface area contributed by atoms with Gasteiger partial charge in [-0.1, -0.05) is 6.92 Å². The molecule has 2 unspecified atom stereocenters. The van der Waals surface area contributed by atoms with Gasteiger partial charge in [0, 0.05) is 25.1 Å². The number of nitrogens with one attached hydrogen (secondary N) is 2. The first-order valence-corrected chi connectivity index (χ1v) is 8.01. The molecule has 0 aromatic carbocycles. The Morgan fingerprint density at radius 2 is 2.04 bits per heavy atom. The Morgan fingerprint density at radius 1 is 1.25 bits per heavy atom. The minimum atomic E-state index is -0.304. The van der Waals surface area contributed by atoms with Gasteiger partial charge >= 0.3 is 0 Å². The van der Waals surface area contributed by atoms with Crippen LogP contribution in [0.5, 0.6) is 0 Å². The Labute approximate surface area is 139 Å². The van der Waals surface area contributed by atoms with E-state index in [1.54, 1.807) is 18.2 Å². The Balaban J connectivity index is 1.36. The molecule has 2 amide bonds. The van der Waals surface area contributed by atoms with E-state index < -0.39 is 0 Å². The summed E-state index contributed by atoms with van der Waals surface area (Å²) in [4.78, 5) is 23.3. The van der Waals surface area contributed by atoms with E-state index in [0.717, 1.165) is 5.76 Å². The standard InChI is InChI=1S/C18H20N2O4/c1-12-11-14(12)15-6-4-13(24-15)5-7-17(21)19-8-9-20-18(22)16-3-2-10-23-16/h2-7,10,12,14H,8-9,11H2,1H3,(H,19,21)(H,20,22). The van der Waals surface area contributed by atoms with Crippen LogP contribution >= 0.6 is 0 Å². The van der Waals surface area contributed by atoms with Crippen LogP contribution in [0.25, 0.3) is 6.08 Å². The third-order valence-electron chi connectivity index (χ3n) is 3.98. The summed E-state index contributed by atoms with van der Waals surface area (Å²) in [5.74, 6) is 2.59. The molecule has 2 heterocycles. The molecule has 1 saturated carbocycles. The van der Waals surface area contributed by atoms with Crippen molar-refractivity contribution in [3.63, 3.8) is 0 Å². The van der Waals surface area contributed by atoms with Crippen LogP contribution in [0.3, 0.4) is 0 Å². The summed E-state index contributed by atoms with van der Waals surface area (Å²) in [6.45, 7) is 2.85. The summed E-state index contributed by atoms with van der Waals surface area (Å²) in [6.07, 6.45) is 5.67. The van der Waals surface area contributed by atoms with Crippen molar-refractivity contribution in [2.75, 3.05) is 13.1 Å². The lowest BCUT2D eigenvalue weighted by atomic mass is 10.3. The molecule has 0 aliphatic heterocycles. The van der Waals surface area contributed by atoms with Crippen LogP contribution in [0.2, 0.25) is 0 Å². The maximum atomic E-state index is 11.7. The van der Waals surface area contributed by atoms with E-state index in [9.17, 15) is 9.59 Å². The topological polar surface area (TPSA) is 84.5 Å². The minimum Gasteiger partial charge on any atom is -0.461 e. The van der Waals surface area contributed by atoms with Gasteiger partial charge in [0.15, 0.2) is 5.76 Å². The predicted molar refractivity (Wildman–Crippen MR) is 88.3 cm³/mol. The molecular formula is C18H20N2O4. The lowest BCUT2D eigenvalue weighted by Crippen LogP contribution is -2.33. The highest BCUT2D eigenvalue weighted by Crippen LogP contribution is 2.47. The second-order valence-corrected chi connectivity index (χ2v) is 5.92. The van der Waals surface area contributed by atoms with Gasteiger partial charge in [0.2, 0.25) is 5.91 Å². The number of hydrogen-bond acceptors (Lipinski definition) is 4. The average Bonchev–Trinajstić information content (AvgIpc) is 3.03. The largest absolute Gasteiger partial charge is 0.461 e. The monoisotopic (exact) mass is 328 g/mol. The zero-order chi connectivity index (χ0) is 16.9. The summed E-state index contributed by atoms with van der Waals surface area (Å²) in [5.41, 5.74) is 0. The van der Waals surface area contributed by atoms with Crippen molar-refractivity contribution >= 4 is 17.9 Å². The first-order chi connectivity index (χ1) is 11.6. The molecule has 1 aliphatic rings. The minimum absolute atomic E-state index is 0.236. The van der Waals surface area contributed by atoms with Gasteiger partial charge in [-0.2, -0.15) is 0 Å². The van der Waals surface area contributed by atoms with Crippen LogP contribution < -0.4 is 10.6 Å². The first kappa shape index (κ1) is 16.1. The summed E-state index contributed by atoms with van der Waals surface area (Å²) < 4.78 is 10.7. The molecule has 2 aromatic heterocycles. The smallest absolute Gasteiger partial charge is 0.287 e. The number of hydrogen-bond donors (Lipinski definition) is 2. The molecule has 2 atom stereocenters. The van der Waals surface area contributed by atoms with Gasteiger partial charge in [-0.15, -0.1) is 0 Å². The number of carbonyl (C=O) groups excluding carboxylic acids is 2. The first-order valence-electron chi connectivity index (χ1n) is 8.01. The number of furan rings is 2. The Morgan fingerprint density at radius 3 is 2.75 bits per heavy atom. The molecule has 0 radical (unpaired) electrons. The average molecular weight is 328 g/mol. The van der Waals surface area contributed by atoms with E-state index in [1.807, 2.05) is 12.1 Å². The SMILES string of the molecule is CC1CC1c1ccc(C=CC(=O)NCCNC(=O)c2ccco2)o1. The van der Waals surface area contributed by atoms with Crippen molar-refractivity contribution < 1.29 is 18.4 Å². The van der Waals surface area contributed by atoms with Gasteiger partial charge in [0.25, 0.3) is 5.91 Å². The summed E-state index contributed by atoms with van der Waals surface area (Å²) in [6, 6.07) is 7.06. The Bertz CT molecular complexity index is 730. The van der Waals surface area contributed by atoms with Crippen molar-refractivity contribution in [2.24, 2.45) is 5.92 Å². The van der Waals surface area contributed by atoms with Gasteiger partial charge in [0.1, 0.15) is 11.5 Å². The molecule has 3 rings (SSSR count). The highest BCUT2D eigenvalue weighted by Gasteiger charge is 2.36. The quantitative estimate of drug-likeness (QED) is 0.604. The molecule has 24 heavy (non-hydrogen) atoms. The van der Waals surface area contributed by atoms with Crippen LogP contribution in [0.1, 0.15) is 41.3 Å². The van der Waals surface area contributed by atoms with Gasteiger partial charge < -0.3 is 19.5 Å². The maximum absolute atomic E-state index is 11.7. The molecule has 6 heteroatoms. The van der Waals surface area contributed by atoms with E-state index in [1.165, 1.54) is 18.8 Å². The van der Waals surface area contributed by atoms with Crippen molar-refractivity contribution in [3.8, 4) is 0 Å². The van der Waals surface area contributed by atoms with E-state index in [-0.39, 0.29) is 17.6 Å². The van der Waals surface area contributed by atoms with Gasteiger partial charge in [0.05, 0.1) is 6.26 Å². The number of amides is 2. The second kappa shape index (κ2) is 7.21. The summed E-state index contributed by atoms with van der Waals surface area (Å²) in [5, 5.41) is 5.34. The van der Waals surface area contributed by atoms with Crippen LogP contribution in [0.4, 0.5) is 0 Å². The van der Waals surface area contributed by atoms with Gasteiger partial charge in [-0.05, 0) is 42.7 Å². The van der Waals surface area contributed by atoms with Crippen LogP contribution in [0.15, 0.2) is 45.4 Å². The van der Waals surface area contributed by atoms with Gasteiger partial charge in [-0.25, -0.2) is 0 Å². The third-order valence-corrected chi connectivity index (χ3v) is 3.98. The third kappa shape index (κ3) is 4.16. The van der Waals surface area contributed by atoms with E-state index in [0.29, 0.717) is 30.7 Å². The highest BCUT2D eigenvalue weighted by molar-refractivity contribution is 5.92. The van der Waals surface area contributed by atoms with Crippen molar-refractivity contribution in [1.29, 1.82) is 0 Å². The Kier molecular flexibility index (Phi) is 4.84. The van der Waals surface area contributed by atoms with Crippen molar-refractivity contribution in [3.05, 3.63) is 53.9 Å². The molecule has 0 saturated heterocycles. The maximum Gasteiger partial charge on any atom is 0.287 e. The summed E-state index contributed by atoms with van der Waals surface area (Å²) >= 11 is 0. The molecule has 1 fully saturated rings. The molecule has 6 nitrogen and oxygen atoms in total. The van der Waals surface area contributed by atoms with Gasteiger partial charge in [-0.3, -0.25) is 9.59 Å². The van der Waals surface area contributed by atoms with Crippen LogP contribution in [-0.4, -0.2) is 24.9 Å². The Hall–Kier alpha value is -2.76. The van der Waals surface area contributed by atoms with Crippen LogP contribution in [0, 0.1) is 5.92 Å². The zero-order valence-corrected chi connectivity index (χ0v) is 13.5. The number of rotatable bonds is 7. The van der Waals surface area contributed by atoms with Crippen molar-refractivity contribution in [1.82, 2.24) is 10.6 Å². The fraction of sp³-hybridized carbons (Fsp3) is 0.333. The number of carbonyl (C=O) groups is 2. The molecule has 126 valence electrons. The second-order valence-electron chi connectivity index (χ2n) is 5.92. The predicted octanol–water partition coefficient (Wildman–Crippen LogP) is 2.56.